The van der Waals surface area contributed by atoms with Crippen LogP contribution in [-0.4, -0.2) is 69.0 Å². The van der Waals surface area contributed by atoms with Gasteiger partial charge in [-0.15, -0.1) is 0 Å². The Morgan fingerprint density at radius 3 is 1.48 bits per heavy atom. The summed E-state index contributed by atoms with van der Waals surface area (Å²) < 4.78 is 23.5. The number of nitrogens with two attached hydrogens (primary N) is 1. The summed E-state index contributed by atoms with van der Waals surface area (Å²) in [5.41, 5.74) is 2.26. The first-order chi connectivity index (χ1) is 13.8. The fourth-order valence-electron chi connectivity index (χ4n) is 1.97. The van der Waals surface area contributed by atoms with E-state index in [-0.39, 0.29) is 5.48 Å². The molecule has 1 aliphatic heterocycles. The molecule has 0 atom stereocenters. The van der Waals surface area contributed by atoms with Gasteiger partial charge in [-0.1, -0.05) is 24.3 Å². The van der Waals surface area contributed by atoms with E-state index in [9.17, 15) is 27.6 Å². The molecule has 1 aliphatic rings. The number of rotatable bonds is 5. The van der Waals surface area contributed by atoms with Crippen LogP contribution in [0.4, 0.5) is 0 Å². The summed E-state index contributed by atoms with van der Waals surface area (Å²) in [7, 11) is -3.54. The monoisotopic (exact) mass is 462 g/mol. The van der Waals surface area contributed by atoms with Crippen molar-refractivity contribution in [2.24, 2.45) is 5.14 Å². The Morgan fingerprint density at radius 1 is 0.806 bits per heavy atom. The molecule has 8 N–H and O–H groups in total. The fraction of sp³-hybridized carbons (Fsp3) is 0.176. The third kappa shape index (κ3) is 15.0. The van der Waals surface area contributed by atoms with Crippen molar-refractivity contribution >= 4 is 34.1 Å². The van der Waals surface area contributed by atoms with E-state index in [0.717, 1.165) is 12.0 Å². The lowest BCUT2D eigenvalue weighted by Crippen LogP contribution is -2.40. The maximum Gasteiger partial charge on any atom is 0.328 e. The molecular formula is C17H22N2O11S. The predicted octanol–water partition coefficient (Wildman–Crippen LogP) is -1.15. The van der Waals surface area contributed by atoms with Gasteiger partial charge >= 0.3 is 23.9 Å². The van der Waals surface area contributed by atoms with E-state index in [1.807, 2.05) is 24.3 Å². The number of nitrogens with zero attached hydrogens (tertiary/aromatic N) is 1. The van der Waals surface area contributed by atoms with Gasteiger partial charge in [0, 0.05) is 37.4 Å². The van der Waals surface area contributed by atoms with Crippen LogP contribution in [0.5, 0.6) is 0 Å². The van der Waals surface area contributed by atoms with Crippen LogP contribution in [0.2, 0.25) is 0 Å². The molecule has 0 aromatic heterocycles. The number of carboxylic acids is 4. The highest BCUT2D eigenvalue weighted by atomic mass is 32.2. The minimum absolute atomic E-state index is 0. The van der Waals surface area contributed by atoms with Crippen LogP contribution >= 0.6 is 0 Å². The molecule has 0 spiro atoms. The van der Waals surface area contributed by atoms with Gasteiger partial charge in [0.25, 0.3) is 10.2 Å². The minimum atomic E-state index is -3.54. The van der Waals surface area contributed by atoms with Crippen molar-refractivity contribution in [1.29, 1.82) is 0 Å². The average molecular weight is 462 g/mol. The summed E-state index contributed by atoms with van der Waals surface area (Å²) in [6, 6.07) is 7.83. The maximum atomic E-state index is 11.1. The van der Waals surface area contributed by atoms with Crippen molar-refractivity contribution < 1.29 is 53.5 Å². The lowest BCUT2D eigenvalue weighted by molar-refractivity contribution is -0.134. The molecule has 1 heterocycles. The highest BCUT2D eigenvalue weighted by Crippen LogP contribution is 2.19. The van der Waals surface area contributed by atoms with Gasteiger partial charge in [0.05, 0.1) is 0 Å². The number of fused-ring (bicyclic) bond motifs is 1. The Hall–Kier alpha value is -3.59. The van der Waals surface area contributed by atoms with Crippen molar-refractivity contribution in [2.45, 2.75) is 13.0 Å². The highest BCUT2D eigenvalue weighted by Gasteiger charge is 2.22. The van der Waals surface area contributed by atoms with Gasteiger partial charge in [-0.05, 0) is 17.5 Å². The molecule has 0 saturated carbocycles. The molecule has 31 heavy (non-hydrogen) atoms. The summed E-state index contributed by atoms with van der Waals surface area (Å²) in [6.07, 6.45) is 2.97. The molecule has 0 unspecified atom stereocenters. The van der Waals surface area contributed by atoms with Gasteiger partial charge in [-0.25, -0.2) is 24.3 Å². The summed E-state index contributed by atoms with van der Waals surface area (Å²) in [4.78, 5) is 38.2. The van der Waals surface area contributed by atoms with E-state index in [0.29, 0.717) is 37.4 Å². The van der Waals surface area contributed by atoms with Crippen LogP contribution < -0.4 is 5.14 Å². The van der Waals surface area contributed by atoms with E-state index in [2.05, 4.69) is 0 Å². The number of benzene rings is 1. The molecule has 172 valence electrons. The Labute approximate surface area is 176 Å². The van der Waals surface area contributed by atoms with E-state index in [4.69, 9.17) is 25.6 Å². The molecule has 1 aromatic carbocycles. The van der Waals surface area contributed by atoms with Crippen LogP contribution in [0.3, 0.4) is 0 Å². The Bertz CT molecular complexity index is 873. The summed E-state index contributed by atoms with van der Waals surface area (Å²) in [5, 5.41) is 36.3. The standard InChI is InChI=1S/C9H12N2O2S.2C4H4O4.H2O/c10-14(12,13)11-6-5-8-3-1-2-4-9(8)7-11;2*5-3(6)1-2-4(7)8;/h1-4H,5-7H2,(H2,10,12,13);2*1-2H,(H,5,6)(H,7,8);1H2/b;2*2-1+;. The van der Waals surface area contributed by atoms with Crippen LogP contribution in [-0.2, 0) is 42.4 Å². The SMILES string of the molecule is NS(=O)(=O)N1CCc2ccccc2C1.O.O=C(O)/C=C/C(=O)O.O=C(O)/C=C/C(=O)O. The molecule has 0 amide bonds. The molecule has 2 rings (SSSR count). The quantitative estimate of drug-likeness (QED) is 0.329. The number of carboxylic acid groups (broad SMARTS) is 4. The number of hydrogen-bond donors (Lipinski definition) is 5. The zero-order chi connectivity index (χ0) is 23.3. The van der Waals surface area contributed by atoms with Gasteiger partial charge in [0.1, 0.15) is 0 Å². The number of hydrogen-bond acceptors (Lipinski definition) is 6. The first-order valence-electron chi connectivity index (χ1n) is 7.95. The fourth-order valence-corrected chi connectivity index (χ4v) is 2.64. The van der Waals surface area contributed by atoms with Crippen LogP contribution in [0.1, 0.15) is 11.1 Å². The maximum absolute atomic E-state index is 11.1. The van der Waals surface area contributed by atoms with Gasteiger partial charge < -0.3 is 25.9 Å². The van der Waals surface area contributed by atoms with E-state index < -0.39 is 34.1 Å². The van der Waals surface area contributed by atoms with Crippen LogP contribution in [0.25, 0.3) is 0 Å². The molecule has 1 aromatic rings. The molecule has 0 radical (unpaired) electrons. The lowest BCUT2D eigenvalue weighted by atomic mass is 10.0. The second kappa shape index (κ2) is 14.4. The second-order valence-electron chi connectivity index (χ2n) is 5.42. The molecule has 0 bridgehead atoms. The molecule has 13 nitrogen and oxygen atoms in total. The van der Waals surface area contributed by atoms with Gasteiger partial charge in [-0.3, -0.25) is 0 Å². The van der Waals surface area contributed by atoms with Crippen molar-refractivity contribution in [2.75, 3.05) is 6.54 Å². The lowest BCUT2D eigenvalue weighted by Gasteiger charge is -2.25. The third-order valence-electron chi connectivity index (χ3n) is 3.19. The van der Waals surface area contributed by atoms with Crippen LogP contribution in [0, 0.1) is 0 Å². The minimum Gasteiger partial charge on any atom is -0.478 e. The van der Waals surface area contributed by atoms with Crippen molar-refractivity contribution in [1.82, 2.24) is 4.31 Å². The van der Waals surface area contributed by atoms with E-state index in [1.165, 1.54) is 9.87 Å². The van der Waals surface area contributed by atoms with Gasteiger partial charge in [0.2, 0.25) is 0 Å². The summed E-state index contributed by atoms with van der Waals surface area (Å²) in [6.45, 7) is 0.880. The zero-order valence-corrected chi connectivity index (χ0v) is 16.7. The number of aliphatic carboxylic acids is 4. The van der Waals surface area contributed by atoms with Gasteiger partial charge in [0.15, 0.2) is 0 Å². The van der Waals surface area contributed by atoms with E-state index >= 15 is 0 Å². The number of carbonyl (C=O) groups is 4. The topological polar surface area (TPSA) is 244 Å². The molecule has 0 saturated heterocycles. The summed E-state index contributed by atoms with van der Waals surface area (Å²) >= 11 is 0. The second-order valence-corrected chi connectivity index (χ2v) is 6.96. The largest absolute Gasteiger partial charge is 0.478 e. The van der Waals surface area contributed by atoms with Crippen LogP contribution in [0.15, 0.2) is 48.6 Å². The molecule has 0 aliphatic carbocycles. The van der Waals surface area contributed by atoms with Crippen molar-refractivity contribution in [3.63, 3.8) is 0 Å². The Morgan fingerprint density at radius 2 is 1.16 bits per heavy atom. The molecule has 0 fully saturated rings. The van der Waals surface area contributed by atoms with E-state index in [1.54, 1.807) is 0 Å². The Kier molecular flexibility index (Phi) is 13.8. The zero-order valence-electron chi connectivity index (χ0n) is 15.9. The molecular weight excluding hydrogens is 440 g/mol. The summed E-state index contributed by atoms with van der Waals surface area (Å²) in [5.74, 6) is -5.03. The Balaban J connectivity index is 0. The van der Waals surface area contributed by atoms with Crippen molar-refractivity contribution in [3.05, 3.63) is 59.7 Å². The van der Waals surface area contributed by atoms with Gasteiger partial charge in [-0.2, -0.15) is 12.7 Å². The average Bonchev–Trinajstić information content (AvgIpc) is 2.64. The first kappa shape index (κ1) is 29.6. The predicted molar refractivity (Wildman–Crippen MR) is 106 cm³/mol. The van der Waals surface area contributed by atoms with Crippen molar-refractivity contribution in [3.8, 4) is 0 Å². The third-order valence-corrected chi connectivity index (χ3v) is 4.22. The first-order valence-corrected chi connectivity index (χ1v) is 9.45. The smallest absolute Gasteiger partial charge is 0.328 e. The normalized spacial score (nSPS) is 12.9. The molecule has 14 heteroatoms. The highest BCUT2D eigenvalue weighted by molar-refractivity contribution is 7.86.